The predicted octanol–water partition coefficient (Wildman–Crippen LogP) is 1.65. The topological polar surface area (TPSA) is 58.6 Å². The number of para-hydroxylation sites is 1. The molecule has 0 saturated carbocycles. The molecule has 6 nitrogen and oxygen atoms in total. The Morgan fingerprint density at radius 3 is 2.86 bits per heavy atom. The molecule has 0 bridgehead atoms. The molecular formula is C15H18N4O2S. The Morgan fingerprint density at radius 2 is 2.14 bits per heavy atom. The molecule has 2 aromatic rings. The molecule has 3 rings (SSSR count). The summed E-state index contributed by atoms with van der Waals surface area (Å²) in [5.74, 6) is -0.106. The van der Waals surface area contributed by atoms with Crippen molar-refractivity contribution in [3.8, 4) is 0 Å². The molecule has 1 aromatic carbocycles. The van der Waals surface area contributed by atoms with Crippen molar-refractivity contribution in [2.24, 2.45) is 0 Å². The number of anilines is 1. The molecule has 0 unspecified atom stereocenters. The van der Waals surface area contributed by atoms with Gasteiger partial charge >= 0.3 is 0 Å². The maximum absolute atomic E-state index is 12.3. The Bertz CT molecular complexity index is 626. The van der Waals surface area contributed by atoms with E-state index in [-0.39, 0.29) is 5.91 Å². The molecule has 0 radical (unpaired) electrons. The lowest BCUT2D eigenvalue weighted by atomic mass is 10.1. The van der Waals surface area contributed by atoms with E-state index in [0.717, 1.165) is 31.9 Å². The van der Waals surface area contributed by atoms with Gasteiger partial charge in [-0.25, -0.2) is 0 Å². The van der Waals surface area contributed by atoms with Crippen molar-refractivity contribution >= 4 is 23.1 Å². The van der Waals surface area contributed by atoms with Gasteiger partial charge in [0.15, 0.2) is 5.69 Å². The van der Waals surface area contributed by atoms with Gasteiger partial charge in [-0.15, -0.1) is 5.10 Å². The summed E-state index contributed by atoms with van der Waals surface area (Å²) in [5, 5.41) is 5.51. The number of rotatable bonds is 4. The minimum atomic E-state index is -0.106. The van der Waals surface area contributed by atoms with Gasteiger partial charge in [0.25, 0.3) is 5.91 Å². The van der Waals surface area contributed by atoms with Crippen LogP contribution in [0.5, 0.6) is 0 Å². The molecule has 1 aliphatic heterocycles. The van der Waals surface area contributed by atoms with E-state index in [1.54, 1.807) is 17.3 Å². The lowest BCUT2D eigenvalue weighted by Gasteiger charge is -2.31. The van der Waals surface area contributed by atoms with Crippen LogP contribution in [-0.4, -0.2) is 53.7 Å². The van der Waals surface area contributed by atoms with Gasteiger partial charge in [-0.3, -0.25) is 4.79 Å². The van der Waals surface area contributed by atoms with Gasteiger partial charge < -0.3 is 14.5 Å². The fourth-order valence-electron chi connectivity index (χ4n) is 2.54. The van der Waals surface area contributed by atoms with Gasteiger partial charge in [0, 0.05) is 37.7 Å². The summed E-state index contributed by atoms with van der Waals surface area (Å²) in [4.78, 5) is 16.3. The van der Waals surface area contributed by atoms with Crippen molar-refractivity contribution in [2.75, 3.05) is 38.3 Å². The van der Waals surface area contributed by atoms with Crippen LogP contribution in [-0.2, 0) is 11.3 Å². The Labute approximate surface area is 133 Å². The second-order valence-electron chi connectivity index (χ2n) is 5.18. The molecule has 7 heteroatoms. The van der Waals surface area contributed by atoms with E-state index in [4.69, 9.17) is 4.74 Å². The Balaban J connectivity index is 1.75. The first-order valence-corrected chi connectivity index (χ1v) is 8.02. The highest BCUT2D eigenvalue weighted by Gasteiger charge is 2.18. The van der Waals surface area contributed by atoms with Crippen LogP contribution in [0.25, 0.3) is 0 Å². The molecule has 0 spiro atoms. The zero-order chi connectivity index (χ0) is 15.4. The number of morpholine rings is 1. The fraction of sp³-hybridized carbons (Fsp3) is 0.400. The van der Waals surface area contributed by atoms with Crippen LogP contribution >= 0.6 is 11.5 Å². The number of amides is 1. The number of hydrogen-bond donors (Lipinski definition) is 0. The van der Waals surface area contributed by atoms with Crippen LogP contribution in [0.3, 0.4) is 0 Å². The molecule has 1 amide bonds. The molecule has 0 aliphatic carbocycles. The largest absolute Gasteiger partial charge is 0.378 e. The molecular weight excluding hydrogens is 300 g/mol. The zero-order valence-corrected chi connectivity index (χ0v) is 13.3. The van der Waals surface area contributed by atoms with Crippen LogP contribution in [0.15, 0.2) is 29.6 Å². The second kappa shape index (κ2) is 6.85. The van der Waals surface area contributed by atoms with Crippen LogP contribution in [0.1, 0.15) is 16.1 Å². The van der Waals surface area contributed by atoms with Crippen molar-refractivity contribution in [1.29, 1.82) is 0 Å². The summed E-state index contributed by atoms with van der Waals surface area (Å²) in [6.45, 7) is 3.79. The minimum absolute atomic E-state index is 0.106. The van der Waals surface area contributed by atoms with Crippen molar-refractivity contribution in [3.63, 3.8) is 0 Å². The molecule has 116 valence electrons. The van der Waals surface area contributed by atoms with E-state index in [9.17, 15) is 4.79 Å². The van der Waals surface area contributed by atoms with E-state index in [1.807, 2.05) is 12.1 Å². The molecule has 0 atom stereocenters. The Morgan fingerprint density at radius 1 is 1.36 bits per heavy atom. The zero-order valence-electron chi connectivity index (χ0n) is 12.4. The summed E-state index contributed by atoms with van der Waals surface area (Å²) in [5.41, 5.74) is 2.70. The minimum Gasteiger partial charge on any atom is -0.378 e. The van der Waals surface area contributed by atoms with E-state index in [1.165, 1.54) is 17.2 Å². The first kappa shape index (κ1) is 14.9. The number of nitrogens with zero attached hydrogens (tertiary/aromatic N) is 4. The van der Waals surface area contributed by atoms with Crippen molar-refractivity contribution in [1.82, 2.24) is 14.5 Å². The number of carbonyl (C=O) groups is 1. The van der Waals surface area contributed by atoms with Crippen LogP contribution in [0, 0.1) is 0 Å². The van der Waals surface area contributed by atoms with Gasteiger partial charge in [0.1, 0.15) is 0 Å². The van der Waals surface area contributed by atoms with Crippen molar-refractivity contribution < 1.29 is 9.53 Å². The lowest BCUT2D eigenvalue weighted by Crippen LogP contribution is -2.37. The molecule has 1 fully saturated rings. The van der Waals surface area contributed by atoms with Gasteiger partial charge in [0.2, 0.25) is 0 Å². The number of ether oxygens (including phenoxy) is 1. The van der Waals surface area contributed by atoms with Crippen LogP contribution in [0.4, 0.5) is 5.69 Å². The van der Waals surface area contributed by atoms with Gasteiger partial charge in [-0.2, -0.15) is 0 Å². The molecule has 1 aromatic heterocycles. The van der Waals surface area contributed by atoms with Crippen LogP contribution in [0.2, 0.25) is 0 Å². The third-order valence-corrected chi connectivity index (χ3v) is 4.18. The summed E-state index contributed by atoms with van der Waals surface area (Å²) in [6, 6.07) is 8.19. The van der Waals surface area contributed by atoms with Crippen LogP contribution < -0.4 is 4.90 Å². The Kier molecular flexibility index (Phi) is 4.65. The molecule has 22 heavy (non-hydrogen) atoms. The SMILES string of the molecule is CN(Cc1ccccc1N1CCOCC1)C(=O)c1csnn1. The number of benzene rings is 1. The van der Waals surface area contributed by atoms with Gasteiger partial charge in [-0.1, -0.05) is 22.7 Å². The summed E-state index contributed by atoms with van der Waals surface area (Å²) < 4.78 is 9.15. The summed E-state index contributed by atoms with van der Waals surface area (Å²) >= 11 is 1.19. The third kappa shape index (κ3) is 3.26. The standard InChI is InChI=1S/C15H18N4O2S/c1-18(15(20)13-11-22-17-16-13)10-12-4-2-3-5-14(12)19-6-8-21-9-7-19/h2-5,11H,6-10H2,1H3. The average molecular weight is 318 g/mol. The predicted molar refractivity (Wildman–Crippen MR) is 85.2 cm³/mol. The Hall–Kier alpha value is -1.99. The molecule has 0 N–H and O–H groups in total. The van der Waals surface area contributed by atoms with Gasteiger partial charge in [0.05, 0.1) is 13.2 Å². The highest BCUT2D eigenvalue weighted by atomic mass is 32.1. The lowest BCUT2D eigenvalue weighted by molar-refractivity contribution is 0.0779. The molecule has 1 saturated heterocycles. The van der Waals surface area contributed by atoms with E-state index < -0.39 is 0 Å². The summed E-state index contributed by atoms with van der Waals surface area (Å²) in [6.07, 6.45) is 0. The van der Waals surface area contributed by atoms with E-state index in [2.05, 4.69) is 26.6 Å². The average Bonchev–Trinajstić information content (AvgIpc) is 3.10. The normalized spacial score (nSPS) is 14.9. The number of carbonyl (C=O) groups excluding carboxylic acids is 1. The maximum atomic E-state index is 12.3. The maximum Gasteiger partial charge on any atom is 0.275 e. The highest BCUT2D eigenvalue weighted by molar-refractivity contribution is 7.03. The van der Waals surface area contributed by atoms with Gasteiger partial charge in [-0.05, 0) is 23.2 Å². The second-order valence-corrected chi connectivity index (χ2v) is 5.79. The third-order valence-electron chi connectivity index (χ3n) is 3.68. The van der Waals surface area contributed by atoms with Crippen molar-refractivity contribution in [3.05, 3.63) is 40.9 Å². The fourth-order valence-corrected chi connectivity index (χ4v) is 2.97. The highest BCUT2D eigenvalue weighted by Crippen LogP contribution is 2.23. The molecule has 1 aliphatic rings. The van der Waals surface area contributed by atoms with Crippen molar-refractivity contribution in [2.45, 2.75) is 6.54 Å². The first-order valence-electron chi connectivity index (χ1n) is 7.19. The first-order chi connectivity index (χ1) is 10.8. The summed E-state index contributed by atoms with van der Waals surface area (Å²) in [7, 11) is 1.79. The quantitative estimate of drug-likeness (QED) is 0.858. The van der Waals surface area contributed by atoms with E-state index in [0.29, 0.717) is 12.2 Å². The van der Waals surface area contributed by atoms with E-state index >= 15 is 0 Å². The smallest absolute Gasteiger partial charge is 0.275 e. The number of aromatic nitrogens is 2. The molecule has 2 heterocycles. The monoisotopic (exact) mass is 318 g/mol. The number of hydrogen-bond acceptors (Lipinski definition) is 6.